The van der Waals surface area contributed by atoms with Gasteiger partial charge in [-0.25, -0.2) is 8.78 Å². The molecule has 0 heterocycles. The molecule has 1 aromatic rings. The molecule has 0 atom stereocenters. The second-order valence-corrected chi connectivity index (χ2v) is 3.58. The molecule has 0 saturated heterocycles. The van der Waals surface area contributed by atoms with Gasteiger partial charge in [0.1, 0.15) is 0 Å². The molecule has 13 heavy (non-hydrogen) atoms. The van der Waals surface area contributed by atoms with Crippen LogP contribution in [0.2, 0.25) is 0 Å². The Balaban J connectivity index is 2.35. The molecule has 0 bridgehead atoms. The van der Waals surface area contributed by atoms with Gasteiger partial charge in [0.2, 0.25) is 6.43 Å². The lowest BCUT2D eigenvalue weighted by atomic mass is 9.96. The predicted octanol–water partition coefficient (Wildman–Crippen LogP) is 2.57. The zero-order chi connectivity index (χ0) is 9.47. The van der Waals surface area contributed by atoms with Crippen molar-refractivity contribution in [2.24, 2.45) is 0 Å². The number of hydrogen-bond donors (Lipinski definition) is 1. The second kappa shape index (κ2) is 2.69. The van der Waals surface area contributed by atoms with Gasteiger partial charge in [-0.2, -0.15) is 0 Å². The average Bonchev–Trinajstić information content (AvgIpc) is 2.83. The van der Waals surface area contributed by atoms with Crippen LogP contribution in [-0.2, 0) is 5.41 Å². The molecule has 1 aliphatic carbocycles. The Kier molecular flexibility index (Phi) is 1.75. The predicted molar refractivity (Wildman–Crippen MR) is 47.8 cm³/mol. The van der Waals surface area contributed by atoms with Crippen molar-refractivity contribution >= 4 is 5.69 Å². The fraction of sp³-hybridized carbons (Fsp3) is 0.400. The van der Waals surface area contributed by atoms with Crippen LogP contribution in [0.25, 0.3) is 0 Å². The zero-order valence-electron chi connectivity index (χ0n) is 7.13. The van der Waals surface area contributed by atoms with E-state index in [-0.39, 0.29) is 0 Å². The van der Waals surface area contributed by atoms with Crippen LogP contribution >= 0.6 is 0 Å². The monoisotopic (exact) mass is 183 g/mol. The van der Waals surface area contributed by atoms with Crippen molar-refractivity contribution in [3.63, 3.8) is 0 Å². The second-order valence-electron chi connectivity index (χ2n) is 3.58. The molecule has 1 aliphatic rings. The Bertz CT molecular complexity index is 318. The number of nitrogens with two attached hydrogens (primary N) is 1. The van der Waals surface area contributed by atoms with Crippen molar-refractivity contribution < 1.29 is 8.78 Å². The number of benzene rings is 1. The molecule has 0 unspecified atom stereocenters. The third-order valence-corrected chi connectivity index (χ3v) is 2.67. The largest absolute Gasteiger partial charge is 0.399 e. The van der Waals surface area contributed by atoms with Crippen LogP contribution in [0.3, 0.4) is 0 Å². The van der Waals surface area contributed by atoms with E-state index in [4.69, 9.17) is 5.73 Å². The Morgan fingerprint density at radius 1 is 1.31 bits per heavy atom. The highest BCUT2D eigenvalue weighted by Crippen LogP contribution is 2.52. The maximum atomic E-state index is 12.7. The first-order valence-electron chi connectivity index (χ1n) is 4.29. The molecule has 0 aliphatic heterocycles. The molecule has 1 fully saturated rings. The smallest absolute Gasteiger partial charge is 0.248 e. The minimum atomic E-state index is -2.27. The molecule has 1 aromatic carbocycles. The van der Waals surface area contributed by atoms with Gasteiger partial charge in [-0.05, 0) is 30.5 Å². The van der Waals surface area contributed by atoms with Gasteiger partial charge in [0, 0.05) is 5.69 Å². The van der Waals surface area contributed by atoms with Gasteiger partial charge in [0.25, 0.3) is 0 Å². The molecule has 1 saturated carbocycles. The lowest BCUT2D eigenvalue weighted by molar-refractivity contribution is 0.102. The summed E-state index contributed by atoms with van der Waals surface area (Å²) in [6.07, 6.45) is -1.11. The lowest BCUT2D eigenvalue weighted by Gasteiger charge is -2.14. The van der Waals surface area contributed by atoms with Gasteiger partial charge in [0.15, 0.2) is 0 Å². The molecule has 2 N–H and O–H groups in total. The van der Waals surface area contributed by atoms with Crippen molar-refractivity contribution in [2.45, 2.75) is 24.7 Å². The third kappa shape index (κ3) is 1.28. The van der Waals surface area contributed by atoms with E-state index in [0.717, 1.165) is 0 Å². The van der Waals surface area contributed by atoms with Crippen LogP contribution in [0.1, 0.15) is 18.4 Å². The molecule has 1 nitrogen and oxygen atoms in total. The maximum Gasteiger partial charge on any atom is 0.248 e. The lowest BCUT2D eigenvalue weighted by Crippen LogP contribution is -2.17. The fourth-order valence-corrected chi connectivity index (χ4v) is 1.62. The highest BCUT2D eigenvalue weighted by Gasteiger charge is 2.52. The Hall–Kier alpha value is -1.12. The summed E-state index contributed by atoms with van der Waals surface area (Å²) < 4.78 is 25.3. The first kappa shape index (κ1) is 8.48. The van der Waals surface area contributed by atoms with Crippen molar-refractivity contribution in [3.8, 4) is 0 Å². The van der Waals surface area contributed by atoms with Gasteiger partial charge in [-0.15, -0.1) is 0 Å². The molecule has 0 spiro atoms. The molecule has 70 valence electrons. The third-order valence-electron chi connectivity index (χ3n) is 2.67. The molecule has 2 rings (SSSR count). The van der Waals surface area contributed by atoms with Gasteiger partial charge >= 0.3 is 0 Å². The molecule has 3 heteroatoms. The highest BCUT2D eigenvalue weighted by molar-refractivity contribution is 5.45. The maximum absolute atomic E-state index is 12.7. The summed E-state index contributed by atoms with van der Waals surface area (Å²) in [7, 11) is 0. The average molecular weight is 183 g/mol. The number of nitrogen functional groups attached to an aromatic ring is 1. The van der Waals surface area contributed by atoms with Crippen LogP contribution in [0.15, 0.2) is 24.3 Å². The van der Waals surface area contributed by atoms with Crippen molar-refractivity contribution in [3.05, 3.63) is 29.8 Å². The molecule has 0 radical (unpaired) electrons. The van der Waals surface area contributed by atoms with Crippen LogP contribution in [0.4, 0.5) is 14.5 Å². The zero-order valence-corrected chi connectivity index (χ0v) is 7.13. The van der Waals surface area contributed by atoms with Crippen molar-refractivity contribution in [1.82, 2.24) is 0 Å². The van der Waals surface area contributed by atoms with Crippen molar-refractivity contribution in [2.75, 3.05) is 5.73 Å². The number of alkyl halides is 2. The number of hydrogen-bond acceptors (Lipinski definition) is 1. The van der Waals surface area contributed by atoms with E-state index < -0.39 is 11.8 Å². The standard InChI is InChI=1S/C10H11F2N/c11-9(12)10(4-5-10)7-2-1-3-8(13)6-7/h1-3,6,9H,4-5,13H2. The van der Waals surface area contributed by atoms with Crippen LogP contribution in [-0.4, -0.2) is 6.43 Å². The van der Waals surface area contributed by atoms with Crippen LogP contribution in [0.5, 0.6) is 0 Å². The highest BCUT2D eigenvalue weighted by atomic mass is 19.3. The normalized spacial score (nSPS) is 19.0. The van der Waals surface area contributed by atoms with E-state index in [1.165, 1.54) is 0 Å². The van der Waals surface area contributed by atoms with Crippen LogP contribution < -0.4 is 5.73 Å². The quantitative estimate of drug-likeness (QED) is 0.700. The van der Waals surface area contributed by atoms with E-state index in [0.29, 0.717) is 24.1 Å². The number of rotatable bonds is 2. The van der Waals surface area contributed by atoms with E-state index in [9.17, 15) is 8.78 Å². The van der Waals surface area contributed by atoms with E-state index in [2.05, 4.69) is 0 Å². The van der Waals surface area contributed by atoms with Crippen molar-refractivity contribution in [1.29, 1.82) is 0 Å². The summed E-state index contributed by atoms with van der Waals surface area (Å²) in [5.41, 5.74) is 5.90. The number of halogens is 2. The molecular formula is C10H11F2N. The van der Waals surface area contributed by atoms with Gasteiger partial charge in [-0.3, -0.25) is 0 Å². The summed E-state index contributed by atoms with van der Waals surface area (Å²) in [4.78, 5) is 0. The van der Waals surface area contributed by atoms with E-state index in [1.54, 1.807) is 24.3 Å². The Labute approximate surface area is 75.6 Å². The molecule has 0 amide bonds. The SMILES string of the molecule is Nc1cccc(C2(C(F)F)CC2)c1. The number of anilines is 1. The Morgan fingerprint density at radius 2 is 2.00 bits per heavy atom. The van der Waals surface area contributed by atoms with Gasteiger partial charge in [-0.1, -0.05) is 12.1 Å². The first-order chi connectivity index (χ1) is 6.15. The summed E-state index contributed by atoms with van der Waals surface area (Å²) in [6, 6.07) is 6.83. The molecular weight excluding hydrogens is 172 g/mol. The summed E-state index contributed by atoms with van der Waals surface area (Å²) >= 11 is 0. The van der Waals surface area contributed by atoms with E-state index in [1.807, 2.05) is 0 Å². The topological polar surface area (TPSA) is 26.0 Å². The summed E-state index contributed by atoms with van der Waals surface area (Å²) in [6.45, 7) is 0. The van der Waals surface area contributed by atoms with Gasteiger partial charge in [0.05, 0.1) is 5.41 Å². The molecule has 0 aromatic heterocycles. The minimum absolute atomic E-state index is 0.560. The first-order valence-corrected chi connectivity index (χ1v) is 4.29. The summed E-state index contributed by atoms with van der Waals surface area (Å²) in [5.74, 6) is 0. The fourth-order valence-electron chi connectivity index (χ4n) is 1.62. The van der Waals surface area contributed by atoms with E-state index >= 15 is 0 Å². The van der Waals surface area contributed by atoms with Crippen LogP contribution in [0, 0.1) is 0 Å². The minimum Gasteiger partial charge on any atom is -0.399 e. The Morgan fingerprint density at radius 3 is 2.46 bits per heavy atom. The summed E-state index contributed by atoms with van der Waals surface area (Å²) in [5, 5.41) is 0. The van der Waals surface area contributed by atoms with Gasteiger partial charge < -0.3 is 5.73 Å².